The van der Waals surface area contributed by atoms with E-state index in [1.165, 1.54) is 44.9 Å². The van der Waals surface area contributed by atoms with Gasteiger partial charge >= 0.3 is 0 Å². The fourth-order valence-corrected chi connectivity index (χ4v) is 2.18. The third-order valence-corrected chi connectivity index (χ3v) is 3.05. The molecule has 66 valence electrons. The van der Waals surface area contributed by atoms with Gasteiger partial charge in [0.25, 0.3) is 0 Å². The van der Waals surface area contributed by atoms with Crippen molar-refractivity contribution in [3.63, 3.8) is 0 Å². The van der Waals surface area contributed by atoms with E-state index in [1.54, 1.807) is 0 Å². The molecule has 0 spiro atoms. The van der Waals surface area contributed by atoms with Crippen LogP contribution in [-0.2, 0) is 0 Å². The van der Waals surface area contributed by atoms with E-state index < -0.39 is 0 Å². The molecule has 1 rings (SSSR count). The topological polar surface area (TPSA) is 26.0 Å². The molecule has 1 fully saturated rings. The molecule has 0 aromatic heterocycles. The molecule has 0 atom stereocenters. The molecule has 0 amide bonds. The van der Waals surface area contributed by atoms with E-state index in [1.807, 2.05) is 0 Å². The molecule has 0 aromatic rings. The zero-order valence-corrected chi connectivity index (χ0v) is 7.73. The largest absolute Gasteiger partial charge is 0.330 e. The molecular formula is C10H21N. The second-order valence-electron chi connectivity index (χ2n) is 4.26. The lowest BCUT2D eigenvalue weighted by Crippen LogP contribution is -2.21. The summed E-state index contributed by atoms with van der Waals surface area (Å²) in [4.78, 5) is 0. The van der Waals surface area contributed by atoms with Crippen LogP contribution in [0.4, 0.5) is 0 Å². The third kappa shape index (κ3) is 2.82. The first-order valence-electron chi connectivity index (χ1n) is 4.97. The molecule has 0 unspecified atom stereocenters. The van der Waals surface area contributed by atoms with Crippen LogP contribution < -0.4 is 5.73 Å². The van der Waals surface area contributed by atoms with E-state index in [4.69, 9.17) is 5.73 Å². The number of rotatable bonds is 3. The Morgan fingerprint density at radius 2 is 1.82 bits per heavy atom. The summed E-state index contributed by atoms with van der Waals surface area (Å²) in [5.74, 6) is 0. The summed E-state index contributed by atoms with van der Waals surface area (Å²) in [5, 5.41) is 0. The second-order valence-corrected chi connectivity index (χ2v) is 4.26. The lowest BCUT2D eigenvalue weighted by atomic mass is 9.73. The summed E-state index contributed by atoms with van der Waals surface area (Å²) in [5.41, 5.74) is 6.15. The predicted octanol–water partition coefficient (Wildman–Crippen LogP) is 2.70. The van der Waals surface area contributed by atoms with Gasteiger partial charge in [-0.15, -0.1) is 0 Å². The highest BCUT2D eigenvalue weighted by Crippen LogP contribution is 2.39. The van der Waals surface area contributed by atoms with Crippen LogP contribution in [0.25, 0.3) is 0 Å². The zero-order valence-electron chi connectivity index (χ0n) is 7.73. The first-order chi connectivity index (χ1) is 5.27. The Kier molecular flexibility index (Phi) is 3.38. The first-order valence-corrected chi connectivity index (χ1v) is 4.97. The van der Waals surface area contributed by atoms with Gasteiger partial charge in [-0.2, -0.15) is 0 Å². The van der Waals surface area contributed by atoms with E-state index in [0.717, 1.165) is 6.54 Å². The van der Waals surface area contributed by atoms with Crippen molar-refractivity contribution in [2.75, 3.05) is 6.54 Å². The van der Waals surface area contributed by atoms with Crippen molar-refractivity contribution in [3.8, 4) is 0 Å². The maximum absolute atomic E-state index is 5.50. The maximum atomic E-state index is 5.50. The molecule has 1 saturated carbocycles. The molecule has 11 heavy (non-hydrogen) atoms. The number of hydrogen-bond donors (Lipinski definition) is 1. The van der Waals surface area contributed by atoms with Crippen LogP contribution in [0.3, 0.4) is 0 Å². The summed E-state index contributed by atoms with van der Waals surface area (Å²) in [6.45, 7) is 3.30. The Balaban J connectivity index is 2.25. The van der Waals surface area contributed by atoms with Gasteiger partial charge in [0, 0.05) is 0 Å². The van der Waals surface area contributed by atoms with Crippen LogP contribution in [0.5, 0.6) is 0 Å². The lowest BCUT2D eigenvalue weighted by molar-refractivity contribution is 0.196. The van der Waals surface area contributed by atoms with Crippen molar-refractivity contribution in [3.05, 3.63) is 0 Å². The molecule has 1 heteroatoms. The monoisotopic (exact) mass is 155 g/mol. The molecule has 1 aliphatic carbocycles. The molecule has 0 bridgehead atoms. The highest BCUT2D eigenvalue weighted by Gasteiger charge is 2.25. The molecule has 1 aliphatic rings. The van der Waals surface area contributed by atoms with Crippen LogP contribution in [0.1, 0.15) is 51.9 Å². The minimum absolute atomic E-state index is 0.650. The van der Waals surface area contributed by atoms with E-state index in [9.17, 15) is 0 Å². The SMILES string of the molecule is CC1(CCCN)CCCCC1. The standard InChI is InChI=1S/C10H21N/c1-10(8-5-9-11)6-3-2-4-7-10/h2-9,11H2,1H3. The summed E-state index contributed by atoms with van der Waals surface area (Å²) >= 11 is 0. The van der Waals surface area contributed by atoms with Gasteiger partial charge in [0.1, 0.15) is 0 Å². The summed E-state index contributed by atoms with van der Waals surface area (Å²) in [6, 6.07) is 0. The molecule has 0 saturated heterocycles. The van der Waals surface area contributed by atoms with Crippen LogP contribution in [0, 0.1) is 5.41 Å². The van der Waals surface area contributed by atoms with Gasteiger partial charge in [-0.05, 0) is 37.6 Å². The van der Waals surface area contributed by atoms with Crippen LogP contribution in [0.2, 0.25) is 0 Å². The van der Waals surface area contributed by atoms with Gasteiger partial charge in [0.15, 0.2) is 0 Å². The highest BCUT2D eigenvalue weighted by atomic mass is 14.5. The Morgan fingerprint density at radius 1 is 1.18 bits per heavy atom. The first kappa shape index (κ1) is 9.05. The molecule has 0 aliphatic heterocycles. The number of hydrogen-bond acceptors (Lipinski definition) is 1. The highest BCUT2D eigenvalue weighted by molar-refractivity contribution is 4.78. The Hall–Kier alpha value is -0.0400. The third-order valence-electron chi connectivity index (χ3n) is 3.05. The van der Waals surface area contributed by atoms with Crippen molar-refractivity contribution >= 4 is 0 Å². The molecular weight excluding hydrogens is 134 g/mol. The van der Waals surface area contributed by atoms with Crippen LogP contribution >= 0.6 is 0 Å². The molecule has 2 N–H and O–H groups in total. The lowest BCUT2D eigenvalue weighted by Gasteiger charge is -2.33. The molecule has 0 heterocycles. The molecule has 0 aromatic carbocycles. The van der Waals surface area contributed by atoms with Crippen molar-refractivity contribution in [2.45, 2.75) is 51.9 Å². The van der Waals surface area contributed by atoms with Crippen LogP contribution in [0.15, 0.2) is 0 Å². The van der Waals surface area contributed by atoms with E-state index in [-0.39, 0.29) is 0 Å². The summed E-state index contributed by atoms with van der Waals surface area (Å²) < 4.78 is 0. The van der Waals surface area contributed by atoms with Gasteiger partial charge in [-0.25, -0.2) is 0 Å². The minimum atomic E-state index is 0.650. The van der Waals surface area contributed by atoms with Crippen molar-refractivity contribution in [1.82, 2.24) is 0 Å². The fraction of sp³-hybridized carbons (Fsp3) is 1.00. The molecule has 1 nitrogen and oxygen atoms in total. The summed E-state index contributed by atoms with van der Waals surface area (Å²) in [6.07, 6.45) is 9.79. The zero-order chi connectivity index (χ0) is 8.16. The smallest absolute Gasteiger partial charge is 0.00771 e. The molecule has 0 radical (unpaired) electrons. The number of nitrogens with two attached hydrogens (primary N) is 1. The van der Waals surface area contributed by atoms with Gasteiger partial charge < -0.3 is 5.73 Å². The van der Waals surface area contributed by atoms with Crippen molar-refractivity contribution in [1.29, 1.82) is 0 Å². The quantitative estimate of drug-likeness (QED) is 0.666. The second kappa shape index (κ2) is 4.10. The van der Waals surface area contributed by atoms with E-state index >= 15 is 0 Å². The fourth-order valence-electron chi connectivity index (χ4n) is 2.18. The van der Waals surface area contributed by atoms with Crippen molar-refractivity contribution < 1.29 is 0 Å². The normalized spacial score (nSPS) is 23.5. The maximum Gasteiger partial charge on any atom is -0.00771 e. The van der Waals surface area contributed by atoms with Gasteiger partial charge in [0.2, 0.25) is 0 Å². The Morgan fingerprint density at radius 3 is 2.36 bits per heavy atom. The van der Waals surface area contributed by atoms with Crippen LogP contribution in [-0.4, -0.2) is 6.54 Å². The van der Waals surface area contributed by atoms with Gasteiger partial charge in [-0.1, -0.05) is 26.2 Å². The van der Waals surface area contributed by atoms with Crippen molar-refractivity contribution in [2.24, 2.45) is 11.1 Å². The Labute approximate surface area is 70.4 Å². The Bertz CT molecular complexity index is 103. The average Bonchev–Trinajstić information content (AvgIpc) is 2.03. The summed E-state index contributed by atoms with van der Waals surface area (Å²) in [7, 11) is 0. The van der Waals surface area contributed by atoms with Gasteiger partial charge in [0.05, 0.1) is 0 Å². The van der Waals surface area contributed by atoms with E-state index in [0.29, 0.717) is 5.41 Å². The van der Waals surface area contributed by atoms with E-state index in [2.05, 4.69) is 6.92 Å². The van der Waals surface area contributed by atoms with Gasteiger partial charge in [-0.3, -0.25) is 0 Å². The predicted molar refractivity (Wildman–Crippen MR) is 49.5 cm³/mol. The average molecular weight is 155 g/mol. The minimum Gasteiger partial charge on any atom is -0.330 e.